The Hall–Kier alpha value is -6.20. The summed E-state index contributed by atoms with van der Waals surface area (Å²) in [7, 11) is 1.02. The molecule has 3 aromatic rings. The van der Waals surface area contributed by atoms with E-state index >= 15 is 0 Å². The predicted octanol–water partition coefficient (Wildman–Crippen LogP) is 0.142. The molecular weight excluding hydrogens is 790 g/mol. The van der Waals surface area contributed by atoms with E-state index in [0.717, 1.165) is 34.8 Å². The normalized spacial score (nSPS) is 26.5. The standard InChI is InChI=1S/C37H41N3O19/c1-16(41)53-28-24(12-13-52-37-32(56-19(4)44)29(54-17(2)42)26(45)31(59-37)35(50)51-5)58-36(27(46)30(28)55-18(3)43)57-22-9-6-20(7-10-22)33(47)38-21-8-11-25-39-23(34(48)49)15-40(25)14-21/h6-11,14-15,24,26-32,36-37,45-46H,12-13H2,1-5H3,(H,38,47)(H,48,49)/t24-,26+,27-,28+,29+,30-,31?,32-,36-,37-/m1/s1. The van der Waals surface area contributed by atoms with Crippen molar-refractivity contribution in [1.29, 1.82) is 0 Å². The number of imidazole rings is 1. The highest BCUT2D eigenvalue weighted by molar-refractivity contribution is 6.04. The molecule has 2 aromatic heterocycles. The maximum Gasteiger partial charge on any atom is 0.356 e. The number of benzene rings is 1. The molecule has 2 fully saturated rings. The molecule has 2 aliphatic heterocycles. The first kappa shape index (κ1) is 43.9. The molecule has 0 radical (unpaired) electrons. The van der Waals surface area contributed by atoms with Crippen molar-refractivity contribution in [3.05, 3.63) is 60.0 Å². The zero-order valence-corrected chi connectivity index (χ0v) is 32.1. The van der Waals surface area contributed by atoms with Crippen LogP contribution in [0.1, 0.15) is 55.0 Å². The topological polar surface area (TPSA) is 293 Å². The van der Waals surface area contributed by atoms with Crippen LogP contribution in [0.15, 0.2) is 48.8 Å². The molecule has 22 heteroatoms. The second kappa shape index (κ2) is 19.0. The van der Waals surface area contributed by atoms with Crippen molar-refractivity contribution in [2.45, 2.75) is 95.5 Å². The summed E-state index contributed by atoms with van der Waals surface area (Å²) in [4.78, 5) is 89.1. The van der Waals surface area contributed by atoms with Gasteiger partial charge in [0, 0.05) is 52.1 Å². The van der Waals surface area contributed by atoms with Crippen LogP contribution in [0, 0.1) is 0 Å². The van der Waals surface area contributed by atoms with Crippen LogP contribution in [0.3, 0.4) is 0 Å². The Morgan fingerprint density at radius 2 is 1.34 bits per heavy atom. The van der Waals surface area contributed by atoms with E-state index in [2.05, 4.69) is 10.3 Å². The number of nitrogens with zero attached hydrogens (tertiary/aromatic N) is 2. The Morgan fingerprint density at radius 1 is 0.746 bits per heavy atom. The molecule has 0 spiro atoms. The highest BCUT2D eigenvalue weighted by Gasteiger charge is 2.54. The number of pyridine rings is 1. The number of esters is 5. The number of methoxy groups -OCH3 is 1. The minimum Gasteiger partial charge on any atom is -0.476 e. The zero-order chi connectivity index (χ0) is 43.1. The number of nitrogens with one attached hydrogen (secondary N) is 1. The van der Waals surface area contributed by atoms with Gasteiger partial charge >= 0.3 is 35.8 Å². The van der Waals surface area contributed by atoms with E-state index in [1.165, 1.54) is 47.1 Å². The number of aromatic nitrogens is 2. The number of aliphatic hydroxyl groups excluding tert-OH is 2. The highest BCUT2D eigenvalue weighted by Crippen LogP contribution is 2.32. The first-order valence-electron chi connectivity index (χ1n) is 17.8. The Labute approximate surface area is 334 Å². The number of carbonyl (C=O) groups is 7. The number of fused-ring (bicyclic) bond motifs is 1. The smallest absolute Gasteiger partial charge is 0.356 e. The van der Waals surface area contributed by atoms with Crippen LogP contribution in [-0.2, 0) is 61.9 Å². The van der Waals surface area contributed by atoms with Crippen LogP contribution in [0.5, 0.6) is 5.75 Å². The molecule has 318 valence electrons. The summed E-state index contributed by atoms with van der Waals surface area (Å²) in [6, 6.07) is 8.65. The number of rotatable bonds is 14. The number of anilines is 1. The molecule has 4 heterocycles. The van der Waals surface area contributed by atoms with Gasteiger partial charge in [-0.1, -0.05) is 0 Å². The van der Waals surface area contributed by atoms with Gasteiger partial charge in [0.25, 0.3) is 5.91 Å². The van der Waals surface area contributed by atoms with E-state index in [1.807, 2.05) is 0 Å². The zero-order valence-electron chi connectivity index (χ0n) is 32.1. The largest absolute Gasteiger partial charge is 0.476 e. The minimum atomic E-state index is -1.84. The third-order valence-electron chi connectivity index (χ3n) is 8.76. The van der Waals surface area contributed by atoms with Gasteiger partial charge in [-0.15, -0.1) is 0 Å². The molecule has 0 saturated carbocycles. The Bertz CT molecular complexity index is 2050. The number of ether oxygens (including phenoxy) is 9. The van der Waals surface area contributed by atoms with E-state index in [-0.39, 0.29) is 23.4 Å². The maximum absolute atomic E-state index is 13.0. The molecular formula is C37H41N3O19. The average molecular weight is 832 g/mol. The van der Waals surface area contributed by atoms with Gasteiger partial charge in [-0.05, 0) is 36.4 Å². The number of carboxylic acids is 1. The third kappa shape index (κ3) is 10.9. The van der Waals surface area contributed by atoms with E-state index in [1.54, 1.807) is 6.07 Å². The molecule has 1 amide bonds. The summed E-state index contributed by atoms with van der Waals surface area (Å²) in [5.41, 5.74) is 0.699. The number of carboxylic acid groups (broad SMARTS) is 1. The Kier molecular flexibility index (Phi) is 14.2. The monoisotopic (exact) mass is 831 g/mol. The lowest BCUT2D eigenvalue weighted by molar-refractivity contribution is -0.306. The third-order valence-corrected chi connectivity index (χ3v) is 8.76. The molecule has 0 aliphatic carbocycles. The van der Waals surface area contributed by atoms with Crippen LogP contribution < -0.4 is 10.1 Å². The summed E-state index contributed by atoms with van der Waals surface area (Å²) in [6.45, 7) is 3.79. The van der Waals surface area contributed by atoms with Crippen molar-refractivity contribution in [1.82, 2.24) is 9.38 Å². The van der Waals surface area contributed by atoms with E-state index in [4.69, 9.17) is 42.6 Å². The summed E-state index contributed by atoms with van der Waals surface area (Å²) >= 11 is 0. The van der Waals surface area contributed by atoms with Crippen molar-refractivity contribution in [3.63, 3.8) is 0 Å². The van der Waals surface area contributed by atoms with Gasteiger partial charge in [0.1, 0.15) is 23.6 Å². The Morgan fingerprint density at radius 3 is 1.93 bits per heavy atom. The number of amides is 1. The molecule has 59 heavy (non-hydrogen) atoms. The van der Waals surface area contributed by atoms with Crippen molar-refractivity contribution < 1.29 is 91.5 Å². The maximum atomic E-state index is 13.0. The number of aromatic carboxylic acids is 1. The lowest BCUT2D eigenvalue weighted by Gasteiger charge is -2.44. The first-order chi connectivity index (χ1) is 27.9. The molecule has 10 atom stereocenters. The molecule has 2 aliphatic rings. The fourth-order valence-electron chi connectivity index (χ4n) is 6.29. The Balaban J connectivity index is 1.32. The van der Waals surface area contributed by atoms with Gasteiger partial charge in [0.05, 0.1) is 19.4 Å². The van der Waals surface area contributed by atoms with Gasteiger partial charge in [0.15, 0.2) is 48.6 Å². The van der Waals surface area contributed by atoms with Gasteiger partial charge in [0.2, 0.25) is 6.29 Å². The first-order valence-corrected chi connectivity index (χ1v) is 17.8. The van der Waals surface area contributed by atoms with Gasteiger partial charge < -0.3 is 67.7 Å². The lowest BCUT2D eigenvalue weighted by atomic mass is 9.96. The second-order valence-corrected chi connectivity index (χ2v) is 13.1. The van der Waals surface area contributed by atoms with Crippen LogP contribution in [0.25, 0.3) is 5.65 Å². The van der Waals surface area contributed by atoms with Gasteiger partial charge in [-0.2, -0.15) is 0 Å². The van der Waals surface area contributed by atoms with Crippen LogP contribution in [-0.4, -0.2) is 142 Å². The van der Waals surface area contributed by atoms with E-state index < -0.39 is 110 Å². The quantitative estimate of drug-likeness (QED) is 0.124. The molecule has 0 bridgehead atoms. The predicted molar refractivity (Wildman–Crippen MR) is 191 cm³/mol. The van der Waals surface area contributed by atoms with Crippen LogP contribution in [0.2, 0.25) is 0 Å². The number of hydrogen-bond acceptors (Lipinski definition) is 19. The summed E-state index contributed by atoms with van der Waals surface area (Å²) < 4.78 is 50.8. The fourth-order valence-corrected chi connectivity index (χ4v) is 6.29. The highest BCUT2D eigenvalue weighted by atomic mass is 16.7. The van der Waals surface area contributed by atoms with E-state index in [9.17, 15) is 48.9 Å². The van der Waals surface area contributed by atoms with Crippen molar-refractivity contribution in [3.8, 4) is 5.75 Å². The number of aliphatic hydroxyl groups is 2. The summed E-state index contributed by atoms with van der Waals surface area (Å²) in [5.74, 6) is -6.18. The minimum absolute atomic E-state index is 0.0814. The number of carbonyl (C=O) groups excluding carboxylic acids is 6. The molecule has 5 rings (SSSR count). The molecule has 4 N–H and O–H groups in total. The van der Waals surface area contributed by atoms with Gasteiger partial charge in [-0.3, -0.25) is 24.0 Å². The molecule has 1 unspecified atom stereocenters. The summed E-state index contributed by atoms with van der Waals surface area (Å²) in [5, 5.41) is 34.0. The van der Waals surface area contributed by atoms with Crippen molar-refractivity contribution in [2.24, 2.45) is 0 Å². The molecule has 1 aromatic carbocycles. The SMILES string of the molecule is COC(=O)C1O[C@@H](OCC[C@H]2O[C@@H](Oc3ccc(C(=O)Nc4ccc5nc(C(=O)O)cn5c4)cc3)[C@H](O)[C@@H](OC(C)=O)[C@H]2OC(C)=O)[C@H](OC(C)=O)[C@@H](OC(C)=O)[C@@H]1O. The van der Waals surface area contributed by atoms with Crippen molar-refractivity contribution in [2.75, 3.05) is 19.0 Å². The summed E-state index contributed by atoms with van der Waals surface area (Å²) in [6.07, 6.45) is -13.5. The second-order valence-electron chi connectivity index (χ2n) is 13.1. The van der Waals surface area contributed by atoms with Gasteiger partial charge in [-0.25, -0.2) is 14.6 Å². The number of hydrogen-bond donors (Lipinski definition) is 4. The lowest BCUT2D eigenvalue weighted by Crippen LogP contribution is -2.63. The average Bonchev–Trinajstić information content (AvgIpc) is 3.60. The van der Waals surface area contributed by atoms with Crippen LogP contribution in [0.4, 0.5) is 5.69 Å². The van der Waals surface area contributed by atoms with Crippen LogP contribution >= 0.6 is 0 Å². The molecule has 22 nitrogen and oxygen atoms in total. The van der Waals surface area contributed by atoms with Crippen molar-refractivity contribution >= 4 is 53.1 Å². The molecule has 2 saturated heterocycles. The van der Waals surface area contributed by atoms with E-state index in [0.29, 0.717) is 11.3 Å². The fraction of sp³-hybridized carbons (Fsp3) is 0.459.